The summed E-state index contributed by atoms with van der Waals surface area (Å²) in [6.07, 6.45) is 2.20. The van der Waals surface area contributed by atoms with Gasteiger partial charge in [0.1, 0.15) is 0 Å². The molecule has 0 radical (unpaired) electrons. The summed E-state index contributed by atoms with van der Waals surface area (Å²) in [5, 5.41) is 11.4. The Morgan fingerprint density at radius 1 is 0.634 bits per heavy atom. The highest BCUT2D eigenvalue weighted by Crippen LogP contribution is 2.32. The number of hydrogen-bond acceptors (Lipinski definition) is 4. The van der Waals surface area contributed by atoms with Crippen LogP contribution in [0.4, 0.5) is 0 Å². The number of carbonyl (C=O) groups is 2. The Labute approximate surface area is 240 Å². The van der Waals surface area contributed by atoms with E-state index in [0.717, 1.165) is 28.7 Å². The summed E-state index contributed by atoms with van der Waals surface area (Å²) in [5.74, 6) is -0.932. The lowest BCUT2D eigenvalue weighted by atomic mass is 9.94. The first-order valence-electron chi connectivity index (χ1n) is 13.7. The van der Waals surface area contributed by atoms with Crippen LogP contribution >= 0.6 is 0 Å². The van der Waals surface area contributed by atoms with Gasteiger partial charge in [0.15, 0.2) is 0 Å². The molecule has 1 aliphatic rings. The first-order chi connectivity index (χ1) is 19.8. The third-order valence-corrected chi connectivity index (χ3v) is 8.61. The topological polar surface area (TPSA) is 118 Å². The first-order valence-corrected chi connectivity index (χ1v) is 15.2. The predicted octanol–water partition coefficient (Wildman–Crippen LogP) is 5.02. The zero-order chi connectivity index (χ0) is 28.8. The lowest BCUT2D eigenvalue weighted by molar-refractivity contribution is -0.133. The molecule has 0 saturated heterocycles. The molecule has 0 bridgehead atoms. The SMILES string of the molecule is NS(=O)(=O)c1ccccc1-c1ccc(CNC(=O)C2CCCC2C(=O)NCc2ccc(-c3ccccc3)cc2)cc1. The molecule has 4 N–H and O–H groups in total. The van der Waals surface area contributed by atoms with Gasteiger partial charge < -0.3 is 10.6 Å². The minimum Gasteiger partial charge on any atom is -0.352 e. The molecular formula is C33H33N3O4S. The fraction of sp³-hybridized carbons (Fsp3) is 0.212. The molecule has 2 amide bonds. The van der Waals surface area contributed by atoms with Crippen LogP contribution in [0, 0.1) is 11.8 Å². The Bertz CT molecular complexity index is 1620. The van der Waals surface area contributed by atoms with Crippen LogP contribution in [0.15, 0.2) is 108 Å². The second-order valence-corrected chi connectivity index (χ2v) is 11.9. The van der Waals surface area contributed by atoms with Gasteiger partial charge in [-0.2, -0.15) is 0 Å². The van der Waals surface area contributed by atoms with Gasteiger partial charge in [-0.3, -0.25) is 9.59 Å². The molecule has 4 aromatic rings. The minimum atomic E-state index is -3.86. The summed E-state index contributed by atoms with van der Waals surface area (Å²) in [7, 11) is -3.86. The maximum absolute atomic E-state index is 13.1. The molecule has 0 spiro atoms. The third kappa shape index (κ3) is 6.90. The maximum Gasteiger partial charge on any atom is 0.238 e. The summed E-state index contributed by atoms with van der Waals surface area (Å²) in [5.41, 5.74) is 5.38. The van der Waals surface area contributed by atoms with Crippen molar-refractivity contribution in [2.24, 2.45) is 17.0 Å². The van der Waals surface area contributed by atoms with Gasteiger partial charge in [0.25, 0.3) is 0 Å². The summed E-state index contributed by atoms with van der Waals surface area (Å²) in [6, 6.07) is 32.1. The molecule has 41 heavy (non-hydrogen) atoms. The van der Waals surface area contributed by atoms with Crippen molar-refractivity contribution in [1.82, 2.24) is 10.6 Å². The molecule has 5 rings (SSSR count). The first kappa shape index (κ1) is 28.3. The van der Waals surface area contributed by atoms with Crippen LogP contribution in [0.5, 0.6) is 0 Å². The Balaban J connectivity index is 1.14. The van der Waals surface area contributed by atoms with Gasteiger partial charge in [0.05, 0.1) is 4.90 Å². The number of primary sulfonamides is 1. The van der Waals surface area contributed by atoms with Crippen molar-refractivity contribution in [1.29, 1.82) is 0 Å². The van der Waals surface area contributed by atoms with Crippen molar-refractivity contribution in [2.75, 3.05) is 0 Å². The van der Waals surface area contributed by atoms with E-state index in [1.54, 1.807) is 18.2 Å². The molecule has 0 aromatic heterocycles. The average molecular weight is 568 g/mol. The molecule has 7 nitrogen and oxygen atoms in total. The Kier molecular flexibility index (Phi) is 8.61. The highest BCUT2D eigenvalue weighted by molar-refractivity contribution is 7.89. The zero-order valence-corrected chi connectivity index (χ0v) is 23.4. The van der Waals surface area contributed by atoms with Gasteiger partial charge >= 0.3 is 0 Å². The lowest BCUT2D eigenvalue weighted by Crippen LogP contribution is -2.39. The number of amides is 2. The number of sulfonamides is 1. The minimum absolute atomic E-state index is 0.0656. The highest BCUT2D eigenvalue weighted by Gasteiger charge is 2.37. The van der Waals surface area contributed by atoms with Crippen LogP contribution in [0.25, 0.3) is 22.3 Å². The number of benzene rings is 4. The molecule has 210 valence electrons. The van der Waals surface area contributed by atoms with E-state index in [2.05, 4.69) is 22.8 Å². The fourth-order valence-electron chi connectivity index (χ4n) is 5.43. The molecular weight excluding hydrogens is 534 g/mol. The van der Waals surface area contributed by atoms with E-state index in [1.807, 2.05) is 66.7 Å². The van der Waals surface area contributed by atoms with E-state index < -0.39 is 10.0 Å². The van der Waals surface area contributed by atoms with E-state index in [9.17, 15) is 18.0 Å². The Morgan fingerprint density at radius 2 is 1.10 bits per heavy atom. The monoisotopic (exact) mass is 567 g/mol. The molecule has 2 atom stereocenters. The van der Waals surface area contributed by atoms with Gasteiger partial charge in [-0.25, -0.2) is 13.6 Å². The summed E-state index contributed by atoms with van der Waals surface area (Å²) < 4.78 is 23.9. The molecule has 0 aliphatic heterocycles. The van der Waals surface area contributed by atoms with Gasteiger partial charge in [0.2, 0.25) is 21.8 Å². The van der Waals surface area contributed by atoms with Crippen LogP contribution in [0.1, 0.15) is 30.4 Å². The van der Waals surface area contributed by atoms with Crippen LogP contribution < -0.4 is 15.8 Å². The lowest BCUT2D eigenvalue weighted by Gasteiger charge is -2.19. The van der Waals surface area contributed by atoms with Crippen LogP contribution in [-0.4, -0.2) is 20.2 Å². The Morgan fingerprint density at radius 3 is 1.63 bits per heavy atom. The Hall–Kier alpha value is -4.27. The van der Waals surface area contributed by atoms with Crippen molar-refractivity contribution in [3.05, 3.63) is 114 Å². The molecule has 0 heterocycles. The molecule has 1 aliphatic carbocycles. The number of nitrogens with one attached hydrogen (secondary N) is 2. The van der Waals surface area contributed by atoms with Crippen molar-refractivity contribution < 1.29 is 18.0 Å². The van der Waals surface area contributed by atoms with E-state index in [4.69, 9.17) is 5.14 Å². The normalized spacial score (nSPS) is 16.7. The van der Waals surface area contributed by atoms with E-state index in [-0.39, 0.29) is 28.5 Å². The molecule has 2 unspecified atom stereocenters. The summed E-state index contributed by atoms with van der Waals surface area (Å²) >= 11 is 0. The highest BCUT2D eigenvalue weighted by atomic mass is 32.2. The largest absolute Gasteiger partial charge is 0.352 e. The van der Waals surface area contributed by atoms with E-state index in [1.165, 1.54) is 6.07 Å². The number of nitrogens with two attached hydrogens (primary N) is 1. The summed E-state index contributed by atoms with van der Waals surface area (Å²) in [4.78, 5) is 26.1. The number of rotatable bonds is 9. The van der Waals surface area contributed by atoms with Crippen LogP contribution in [0.2, 0.25) is 0 Å². The molecule has 1 fully saturated rings. The molecule has 4 aromatic carbocycles. The standard InChI is InChI=1S/C33H33N3O4S/c34-41(39,40)31-12-5-4-9-28(31)27-19-15-24(16-20-27)22-36-33(38)30-11-6-10-29(30)32(37)35-21-23-13-17-26(18-14-23)25-7-2-1-3-8-25/h1-5,7-9,12-20,29-30H,6,10-11,21-22H2,(H,35,37)(H,36,38)(H2,34,39,40). The van der Waals surface area contributed by atoms with Gasteiger partial charge in [-0.15, -0.1) is 0 Å². The van der Waals surface area contributed by atoms with E-state index >= 15 is 0 Å². The zero-order valence-electron chi connectivity index (χ0n) is 22.6. The predicted molar refractivity (Wildman–Crippen MR) is 160 cm³/mol. The van der Waals surface area contributed by atoms with Crippen LogP contribution in [-0.2, 0) is 32.7 Å². The van der Waals surface area contributed by atoms with Gasteiger partial charge in [0, 0.05) is 30.5 Å². The molecule has 8 heteroatoms. The molecule has 1 saturated carbocycles. The van der Waals surface area contributed by atoms with Crippen molar-refractivity contribution in [2.45, 2.75) is 37.2 Å². The fourth-order valence-corrected chi connectivity index (χ4v) is 6.19. The van der Waals surface area contributed by atoms with Crippen LogP contribution in [0.3, 0.4) is 0 Å². The van der Waals surface area contributed by atoms with E-state index in [0.29, 0.717) is 37.1 Å². The van der Waals surface area contributed by atoms with Crippen molar-refractivity contribution in [3.63, 3.8) is 0 Å². The second kappa shape index (κ2) is 12.5. The van der Waals surface area contributed by atoms with Gasteiger partial charge in [-0.05, 0) is 46.7 Å². The van der Waals surface area contributed by atoms with Gasteiger partial charge in [-0.1, -0.05) is 103 Å². The number of hydrogen-bond donors (Lipinski definition) is 3. The quantitative estimate of drug-likeness (QED) is 0.263. The smallest absolute Gasteiger partial charge is 0.238 e. The maximum atomic E-state index is 13.1. The average Bonchev–Trinajstić information content (AvgIpc) is 3.50. The van der Waals surface area contributed by atoms with Crippen molar-refractivity contribution >= 4 is 21.8 Å². The second-order valence-electron chi connectivity index (χ2n) is 10.4. The third-order valence-electron chi connectivity index (χ3n) is 7.64. The summed E-state index contributed by atoms with van der Waals surface area (Å²) in [6.45, 7) is 0.730. The van der Waals surface area contributed by atoms with Crippen molar-refractivity contribution in [3.8, 4) is 22.3 Å². The number of carbonyl (C=O) groups excluding carboxylic acids is 2.